The third-order valence-electron chi connectivity index (χ3n) is 9.55. The highest BCUT2D eigenvalue weighted by molar-refractivity contribution is 7.26. The van der Waals surface area contributed by atoms with E-state index in [9.17, 15) is 0 Å². The predicted molar refractivity (Wildman–Crippen MR) is 216 cm³/mol. The number of hydrogen-bond donors (Lipinski definition) is 0. The molecule has 0 aliphatic carbocycles. The molecule has 4 nitrogen and oxygen atoms in total. The molecule has 0 radical (unpaired) electrons. The van der Waals surface area contributed by atoms with E-state index in [0.29, 0.717) is 11.6 Å². The lowest BCUT2D eigenvalue weighted by atomic mass is 10.1. The van der Waals surface area contributed by atoms with Gasteiger partial charge in [-0.3, -0.25) is 0 Å². The molecule has 0 amide bonds. The van der Waals surface area contributed by atoms with Gasteiger partial charge in [0.1, 0.15) is 0 Å². The normalized spacial score (nSPS) is 13.3. The molecule has 0 unspecified atom stereocenters. The lowest BCUT2D eigenvalue weighted by Crippen LogP contribution is -2.00. The van der Waals surface area contributed by atoms with E-state index < -0.39 is 18.1 Å². The smallest absolute Gasteiger partial charge is 0.165 e. The van der Waals surface area contributed by atoms with E-state index in [1.165, 1.54) is 15.5 Å². The van der Waals surface area contributed by atoms with Crippen molar-refractivity contribution in [1.29, 1.82) is 0 Å². The molecule has 4 aromatic heterocycles. The van der Waals surface area contributed by atoms with Gasteiger partial charge in [-0.05, 0) is 60.7 Å². The van der Waals surface area contributed by atoms with E-state index in [0.717, 1.165) is 63.5 Å². The number of fused-ring (bicyclic) bond motifs is 9. The van der Waals surface area contributed by atoms with Crippen molar-refractivity contribution < 1.29 is 6.85 Å². The summed E-state index contributed by atoms with van der Waals surface area (Å²) in [5, 5.41) is 6.74. The molecule has 0 fully saturated rings. The summed E-state index contributed by atoms with van der Waals surface area (Å²) in [6.07, 6.45) is 0. The zero-order chi connectivity index (χ0) is 37.8. The van der Waals surface area contributed by atoms with Crippen LogP contribution in [0.1, 0.15) is 6.85 Å². The number of para-hydroxylation sites is 2. The van der Waals surface area contributed by atoms with Crippen LogP contribution in [0.4, 0.5) is 0 Å². The molecule has 0 N–H and O–H groups in total. The van der Waals surface area contributed by atoms with Crippen molar-refractivity contribution in [3.8, 4) is 39.9 Å². The first-order valence-electron chi connectivity index (χ1n) is 19.0. The number of nitrogens with zero attached hydrogens (tertiary/aromatic N) is 4. The van der Waals surface area contributed by atoms with Crippen molar-refractivity contribution in [2.45, 2.75) is 0 Å². The van der Waals surface area contributed by atoms with Crippen LogP contribution < -0.4 is 0 Å². The highest BCUT2D eigenvalue weighted by Crippen LogP contribution is 2.42. The molecular weight excluding hydrogens is 661 g/mol. The Hall–Kier alpha value is -6.21. The maximum absolute atomic E-state index is 8.81. The average molecular weight is 692 g/mol. The molecule has 0 bridgehead atoms. The number of hydrogen-bond acceptors (Lipinski definition) is 5. The first-order valence-corrected chi connectivity index (χ1v) is 18.2. The summed E-state index contributed by atoms with van der Waals surface area (Å²) in [5.41, 5.74) is 4.77. The molecule has 0 aliphatic rings. The van der Waals surface area contributed by atoms with Crippen molar-refractivity contribution in [3.05, 3.63) is 158 Å². The van der Waals surface area contributed by atoms with E-state index in [4.69, 9.17) is 21.8 Å². The summed E-state index contributed by atoms with van der Waals surface area (Å²) in [6.45, 7) is 0. The summed E-state index contributed by atoms with van der Waals surface area (Å²) in [4.78, 5) is 14.8. The van der Waals surface area contributed by atoms with Gasteiger partial charge in [0.15, 0.2) is 17.5 Å². The van der Waals surface area contributed by atoms with Gasteiger partial charge >= 0.3 is 0 Å². The molecule has 0 saturated heterocycles. The Morgan fingerprint density at radius 2 is 1.06 bits per heavy atom. The Balaban J connectivity index is 1.14. The first kappa shape index (κ1) is 24.0. The SMILES string of the molecule is [2H]c1c([2H])c([2H])c(-c2nc(-c3ccc4sc5ccccc5c4c3)nc(-c3cccc4c3sc3ccc(-n5c6ccccc6c6ccccc65)cc34)n2)c([2H])c1[2H]. The molecule has 51 heavy (non-hydrogen) atoms. The second-order valence-corrected chi connectivity index (χ2v) is 14.6. The van der Waals surface area contributed by atoms with Gasteiger partial charge in [0, 0.05) is 73.5 Å². The molecule has 7 aromatic carbocycles. The maximum atomic E-state index is 8.81. The van der Waals surface area contributed by atoms with Crippen LogP contribution in [-0.2, 0) is 0 Å². The van der Waals surface area contributed by atoms with E-state index >= 15 is 0 Å². The van der Waals surface area contributed by atoms with Crippen molar-refractivity contribution in [3.63, 3.8) is 0 Å². The number of benzene rings is 7. The zero-order valence-corrected chi connectivity index (χ0v) is 28.4. The van der Waals surface area contributed by atoms with Gasteiger partial charge in [-0.15, -0.1) is 22.7 Å². The minimum absolute atomic E-state index is 0.0176. The Morgan fingerprint density at radius 3 is 1.86 bits per heavy atom. The van der Waals surface area contributed by atoms with E-state index in [-0.39, 0.29) is 23.5 Å². The molecule has 11 rings (SSSR count). The number of thiophene rings is 2. The van der Waals surface area contributed by atoms with Gasteiger partial charge < -0.3 is 4.57 Å². The Kier molecular flexibility index (Phi) is 5.25. The van der Waals surface area contributed by atoms with Gasteiger partial charge in [-0.2, -0.15) is 0 Å². The summed E-state index contributed by atoms with van der Waals surface area (Å²) in [7, 11) is 0. The zero-order valence-electron chi connectivity index (χ0n) is 31.7. The third kappa shape index (κ3) is 4.47. The quantitative estimate of drug-likeness (QED) is 0.184. The molecule has 6 heteroatoms. The largest absolute Gasteiger partial charge is 0.309 e. The van der Waals surface area contributed by atoms with Crippen LogP contribution in [0.3, 0.4) is 0 Å². The lowest BCUT2D eigenvalue weighted by molar-refractivity contribution is 1.08. The fourth-order valence-electron chi connectivity index (χ4n) is 7.27. The molecule has 0 atom stereocenters. The molecular formula is C45H26N4S2. The molecule has 11 aromatic rings. The summed E-state index contributed by atoms with van der Waals surface area (Å²) in [5.74, 6) is 0.719. The fraction of sp³-hybridized carbons (Fsp3) is 0. The van der Waals surface area contributed by atoms with Gasteiger partial charge in [0.25, 0.3) is 0 Å². The van der Waals surface area contributed by atoms with Crippen LogP contribution in [-0.4, -0.2) is 19.5 Å². The van der Waals surface area contributed by atoms with Gasteiger partial charge in [0.2, 0.25) is 0 Å². The molecule has 0 saturated carbocycles. The Bertz CT molecular complexity index is 3380. The van der Waals surface area contributed by atoms with E-state index in [1.54, 1.807) is 22.7 Å². The summed E-state index contributed by atoms with van der Waals surface area (Å²) in [6, 6.07) is 41.9. The summed E-state index contributed by atoms with van der Waals surface area (Å²) < 4.78 is 49.4. The number of rotatable bonds is 4. The molecule has 0 aliphatic heterocycles. The average Bonchev–Trinajstić information content (AvgIpc) is 3.91. The highest BCUT2D eigenvalue weighted by atomic mass is 32.1. The number of aromatic nitrogens is 4. The highest BCUT2D eigenvalue weighted by Gasteiger charge is 2.19. The Labute approximate surface area is 307 Å². The molecule has 4 heterocycles. The van der Waals surface area contributed by atoms with Gasteiger partial charge in [-0.25, -0.2) is 15.0 Å². The van der Waals surface area contributed by atoms with Crippen LogP contribution >= 0.6 is 22.7 Å². The van der Waals surface area contributed by atoms with Crippen LogP contribution in [0.5, 0.6) is 0 Å². The van der Waals surface area contributed by atoms with Crippen LogP contribution in [0.2, 0.25) is 0 Å². The van der Waals surface area contributed by atoms with E-state index in [1.807, 2.05) is 30.3 Å². The predicted octanol–water partition coefficient (Wildman–Crippen LogP) is 12.7. The minimum atomic E-state index is -0.469. The second-order valence-electron chi connectivity index (χ2n) is 12.4. The van der Waals surface area contributed by atoms with E-state index in [2.05, 4.69) is 102 Å². The van der Waals surface area contributed by atoms with Crippen LogP contribution in [0, 0.1) is 0 Å². The van der Waals surface area contributed by atoms with Crippen LogP contribution in [0.25, 0.3) is 102 Å². The minimum Gasteiger partial charge on any atom is -0.309 e. The van der Waals surface area contributed by atoms with Crippen molar-refractivity contribution in [1.82, 2.24) is 19.5 Å². The standard InChI is InChI=1S/C45H26N4S2/c1-2-11-27(12-3-1)43-46-44(28-21-23-40-35(25-28)32-15-6-9-20-39(32)50-40)48-45(47-43)34-17-10-16-33-36-26-29(22-24-41(36)51-42(33)34)49-37-18-7-4-13-30(37)31-14-5-8-19-38(31)49/h1-26H/i1D,2D,3D,11D,12D. The second kappa shape index (κ2) is 11.2. The molecule has 238 valence electrons. The Morgan fingerprint density at radius 1 is 0.451 bits per heavy atom. The van der Waals surface area contributed by atoms with Gasteiger partial charge in [-0.1, -0.05) is 96.9 Å². The van der Waals surface area contributed by atoms with Crippen LogP contribution in [0.15, 0.2) is 158 Å². The van der Waals surface area contributed by atoms with Crippen molar-refractivity contribution in [2.75, 3.05) is 0 Å². The van der Waals surface area contributed by atoms with Crippen molar-refractivity contribution >= 4 is 84.8 Å². The lowest BCUT2D eigenvalue weighted by Gasteiger charge is -2.09. The monoisotopic (exact) mass is 691 g/mol. The summed E-state index contributed by atoms with van der Waals surface area (Å²) >= 11 is 3.37. The maximum Gasteiger partial charge on any atom is 0.165 e. The molecule has 0 spiro atoms. The van der Waals surface area contributed by atoms with Crippen molar-refractivity contribution in [2.24, 2.45) is 0 Å². The fourth-order valence-corrected chi connectivity index (χ4v) is 9.55. The van der Waals surface area contributed by atoms with Gasteiger partial charge in [0.05, 0.1) is 17.9 Å². The first-order chi connectivity index (χ1) is 27.3. The topological polar surface area (TPSA) is 43.6 Å². The third-order valence-corrected chi connectivity index (χ3v) is 11.9.